The lowest BCUT2D eigenvalue weighted by Crippen LogP contribution is -2.38. The number of carbonyl (C=O) groups is 2. The van der Waals surface area contributed by atoms with Crippen LogP contribution in [0.2, 0.25) is 0 Å². The van der Waals surface area contributed by atoms with Crippen LogP contribution in [0.4, 0.5) is 0 Å². The second-order valence-electron chi connectivity index (χ2n) is 5.14. The Morgan fingerprint density at radius 3 is 2.39 bits per heavy atom. The first-order valence-electron chi connectivity index (χ1n) is 7.55. The second-order valence-corrected chi connectivity index (χ2v) is 5.14. The van der Waals surface area contributed by atoms with Gasteiger partial charge in [-0.05, 0) is 48.2 Å². The molecule has 0 aliphatic heterocycles. The molecule has 5 heteroatoms. The maximum atomic E-state index is 11.9. The number of carboxylic acids is 1. The summed E-state index contributed by atoms with van der Waals surface area (Å²) in [5, 5.41) is 9.02. The number of aryl methyl sites for hydroxylation is 1. The number of aromatic carboxylic acids is 1. The maximum Gasteiger partial charge on any atom is 0.335 e. The third kappa shape index (κ3) is 4.66. The van der Waals surface area contributed by atoms with Gasteiger partial charge in [0.2, 0.25) is 0 Å². The number of benzene rings is 2. The van der Waals surface area contributed by atoms with Crippen LogP contribution in [0.3, 0.4) is 0 Å². The molecule has 3 N–H and O–H groups in total. The largest absolute Gasteiger partial charge is 0.478 e. The molecule has 5 nitrogen and oxygen atoms in total. The minimum Gasteiger partial charge on any atom is -0.478 e. The van der Waals surface area contributed by atoms with E-state index in [0.29, 0.717) is 24.1 Å². The Morgan fingerprint density at radius 1 is 1.00 bits per heavy atom. The molecule has 0 saturated heterocycles. The number of nitrogens with one attached hydrogen (secondary N) is 2. The standard InChI is InChI=1S/C18H20N2O3/c1-2-13-12-16(18(22)23)9-8-14(13)10-11-19-20-17(21)15-6-4-3-5-7-15/h3-9,12,19H,2,10-11H2,1H3,(H,20,21)(H,22,23). The van der Waals surface area contributed by atoms with Gasteiger partial charge < -0.3 is 5.11 Å². The van der Waals surface area contributed by atoms with Crippen molar-refractivity contribution in [2.24, 2.45) is 0 Å². The Balaban J connectivity index is 1.87. The van der Waals surface area contributed by atoms with Gasteiger partial charge in [0.25, 0.3) is 5.91 Å². The molecule has 0 unspecified atom stereocenters. The van der Waals surface area contributed by atoms with E-state index < -0.39 is 5.97 Å². The molecular formula is C18H20N2O3. The van der Waals surface area contributed by atoms with E-state index in [-0.39, 0.29) is 5.91 Å². The third-order valence-corrected chi connectivity index (χ3v) is 3.59. The molecule has 1 amide bonds. The second kappa shape index (κ2) is 8.10. The first kappa shape index (κ1) is 16.7. The van der Waals surface area contributed by atoms with Crippen molar-refractivity contribution in [1.82, 2.24) is 10.9 Å². The summed E-state index contributed by atoms with van der Waals surface area (Å²) < 4.78 is 0. The maximum absolute atomic E-state index is 11.9. The molecule has 120 valence electrons. The van der Waals surface area contributed by atoms with Gasteiger partial charge in [0.15, 0.2) is 0 Å². The van der Waals surface area contributed by atoms with Crippen LogP contribution in [0.1, 0.15) is 38.8 Å². The Labute approximate surface area is 135 Å². The van der Waals surface area contributed by atoms with Crippen LogP contribution >= 0.6 is 0 Å². The van der Waals surface area contributed by atoms with Crippen LogP contribution in [0.25, 0.3) is 0 Å². The Morgan fingerprint density at radius 2 is 1.74 bits per heavy atom. The number of hydrazine groups is 1. The van der Waals surface area contributed by atoms with Crippen molar-refractivity contribution in [3.8, 4) is 0 Å². The molecular weight excluding hydrogens is 292 g/mol. The molecule has 0 heterocycles. The van der Waals surface area contributed by atoms with Crippen LogP contribution in [-0.2, 0) is 12.8 Å². The van der Waals surface area contributed by atoms with Crippen molar-refractivity contribution in [3.63, 3.8) is 0 Å². The van der Waals surface area contributed by atoms with Crippen molar-refractivity contribution in [3.05, 3.63) is 70.8 Å². The van der Waals surface area contributed by atoms with Crippen molar-refractivity contribution >= 4 is 11.9 Å². The van der Waals surface area contributed by atoms with Crippen LogP contribution in [0.15, 0.2) is 48.5 Å². The lowest BCUT2D eigenvalue weighted by Gasteiger charge is -2.11. The number of amides is 1. The summed E-state index contributed by atoms with van der Waals surface area (Å²) in [6.45, 7) is 2.56. The van der Waals surface area contributed by atoms with E-state index in [2.05, 4.69) is 10.9 Å². The van der Waals surface area contributed by atoms with E-state index in [0.717, 1.165) is 17.5 Å². The summed E-state index contributed by atoms with van der Waals surface area (Å²) in [7, 11) is 0. The van der Waals surface area contributed by atoms with Gasteiger partial charge in [-0.3, -0.25) is 10.2 Å². The summed E-state index contributed by atoms with van der Waals surface area (Å²) in [4.78, 5) is 22.9. The highest BCUT2D eigenvalue weighted by atomic mass is 16.4. The van der Waals surface area contributed by atoms with Crippen molar-refractivity contribution < 1.29 is 14.7 Å². The van der Waals surface area contributed by atoms with Gasteiger partial charge in [-0.25, -0.2) is 10.2 Å². The summed E-state index contributed by atoms with van der Waals surface area (Å²) in [5.74, 6) is -1.10. The smallest absolute Gasteiger partial charge is 0.335 e. The minimum absolute atomic E-state index is 0.178. The lowest BCUT2D eigenvalue weighted by molar-refractivity contribution is 0.0696. The van der Waals surface area contributed by atoms with Crippen molar-refractivity contribution in [2.75, 3.05) is 6.54 Å². The van der Waals surface area contributed by atoms with Crippen LogP contribution in [0, 0.1) is 0 Å². The molecule has 0 aromatic heterocycles. The van der Waals surface area contributed by atoms with E-state index in [4.69, 9.17) is 5.11 Å². The van der Waals surface area contributed by atoms with Gasteiger partial charge >= 0.3 is 5.97 Å². The highest BCUT2D eigenvalue weighted by Gasteiger charge is 2.08. The number of carboxylic acid groups (broad SMARTS) is 1. The van der Waals surface area contributed by atoms with E-state index in [1.807, 2.05) is 31.2 Å². The Bertz CT molecular complexity index is 684. The zero-order chi connectivity index (χ0) is 16.7. The van der Waals surface area contributed by atoms with Crippen LogP contribution < -0.4 is 10.9 Å². The molecule has 0 saturated carbocycles. The number of carbonyl (C=O) groups excluding carboxylic acids is 1. The van der Waals surface area contributed by atoms with E-state index in [1.165, 1.54) is 0 Å². The SMILES string of the molecule is CCc1cc(C(=O)O)ccc1CCNNC(=O)c1ccccc1. The van der Waals surface area contributed by atoms with Crippen molar-refractivity contribution in [2.45, 2.75) is 19.8 Å². The van der Waals surface area contributed by atoms with Crippen molar-refractivity contribution in [1.29, 1.82) is 0 Å². The molecule has 2 aromatic rings. The topological polar surface area (TPSA) is 78.4 Å². The molecule has 0 fully saturated rings. The molecule has 23 heavy (non-hydrogen) atoms. The highest BCUT2D eigenvalue weighted by Crippen LogP contribution is 2.13. The summed E-state index contributed by atoms with van der Waals surface area (Å²) in [6.07, 6.45) is 1.48. The van der Waals surface area contributed by atoms with E-state index >= 15 is 0 Å². The van der Waals surface area contributed by atoms with Crippen LogP contribution in [-0.4, -0.2) is 23.5 Å². The third-order valence-electron chi connectivity index (χ3n) is 3.59. The van der Waals surface area contributed by atoms with E-state index in [1.54, 1.807) is 24.3 Å². The average molecular weight is 312 g/mol. The lowest BCUT2D eigenvalue weighted by atomic mass is 9.99. The predicted octanol–water partition coefficient (Wildman–Crippen LogP) is 2.42. The van der Waals surface area contributed by atoms with Gasteiger partial charge in [0.1, 0.15) is 0 Å². The monoisotopic (exact) mass is 312 g/mol. The van der Waals surface area contributed by atoms with Gasteiger partial charge in [0.05, 0.1) is 5.56 Å². The summed E-state index contributed by atoms with van der Waals surface area (Å²) >= 11 is 0. The number of hydrogen-bond donors (Lipinski definition) is 3. The average Bonchev–Trinajstić information content (AvgIpc) is 2.59. The molecule has 2 aromatic carbocycles. The zero-order valence-corrected chi connectivity index (χ0v) is 13.0. The fourth-order valence-electron chi connectivity index (χ4n) is 2.33. The van der Waals surface area contributed by atoms with Gasteiger partial charge in [0, 0.05) is 12.1 Å². The molecule has 0 bridgehead atoms. The van der Waals surface area contributed by atoms with Crippen LogP contribution in [0.5, 0.6) is 0 Å². The summed E-state index contributed by atoms with van der Waals surface area (Å²) in [5.41, 5.74) is 8.55. The Hall–Kier alpha value is -2.66. The van der Waals surface area contributed by atoms with E-state index in [9.17, 15) is 9.59 Å². The van der Waals surface area contributed by atoms with Gasteiger partial charge in [-0.1, -0.05) is 31.2 Å². The highest BCUT2D eigenvalue weighted by molar-refractivity contribution is 5.93. The Kier molecular flexibility index (Phi) is 5.88. The molecule has 0 aliphatic carbocycles. The molecule has 0 radical (unpaired) electrons. The molecule has 0 aliphatic rings. The quantitative estimate of drug-likeness (QED) is 0.542. The first-order valence-corrected chi connectivity index (χ1v) is 7.55. The first-order chi connectivity index (χ1) is 11.1. The molecule has 2 rings (SSSR count). The van der Waals surface area contributed by atoms with Gasteiger partial charge in [-0.15, -0.1) is 0 Å². The number of hydrogen-bond acceptors (Lipinski definition) is 3. The number of rotatable bonds is 7. The summed E-state index contributed by atoms with van der Waals surface area (Å²) in [6, 6.07) is 14.1. The normalized spacial score (nSPS) is 10.3. The predicted molar refractivity (Wildman–Crippen MR) is 88.4 cm³/mol. The fourth-order valence-corrected chi connectivity index (χ4v) is 2.33. The zero-order valence-electron chi connectivity index (χ0n) is 13.0. The van der Waals surface area contributed by atoms with Gasteiger partial charge in [-0.2, -0.15) is 0 Å². The molecule has 0 atom stereocenters. The molecule has 0 spiro atoms. The fraction of sp³-hybridized carbons (Fsp3) is 0.222. The minimum atomic E-state index is -0.917.